The molecule has 1 aliphatic rings. The number of nitrogens with zero attached hydrogens (tertiary/aromatic N) is 2. The number of nitrogen functional groups attached to an aromatic ring is 1. The molecule has 2 rings (SSSR count). The summed E-state index contributed by atoms with van der Waals surface area (Å²) in [4.78, 5) is 15.6. The molecule has 4 N–H and O–H groups in total. The van der Waals surface area contributed by atoms with E-state index in [1.54, 1.807) is 27.3 Å². The molecule has 0 bridgehead atoms. The van der Waals surface area contributed by atoms with Gasteiger partial charge < -0.3 is 25.6 Å². The molecular weight excluding hydrogens is 264 g/mol. The summed E-state index contributed by atoms with van der Waals surface area (Å²) in [6.07, 6.45) is -0.509. The summed E-state index contributed by atoms with van der Waals surface area (Å²) in [6, 6.07) is -0.329. The van der Waals surface area contributed by atoms with Gasteiger partial charge in [-0.1, -0.05) is 0 Å². The molecule has 0 aromatic carbocycles. The van der Waals surface area contributed by atoms with Crippen molar-refractivity contribution in [3.8, 4) is 0 Å². The van der Waals surface area contributed by atoms with Gasteiger partial charge in [0.1, 0.15) is 18.0 Å². The Balaban J connectivity index is 2.34. The molecule has 1 saturated heterocycles. The molecule has 0 aliphatic carbocycles. The Hall–Kier alpha value is -1.48. The minimum Gasteiger partial charge on any atom is -0.387 e. The van der Waals surface area contributed by atoms with Gasteiger partial charge in [-0.05, 0) is 14.0 Å². The van der Waals surface area contributed by atoms with Crippen LogP contribution in [-0.4, -0.2) is 53.7 Å². The minimum absolute atomic E-state index is 0.178. The number of likely N-dealkylation sites (N-methyl/N-ethyl adjacent to an activating group) is 1. The van der Waals surface area contributed by atoms with Crippen LogP contribution in [0.3, 0.4) is 0 Å². The third kappa shape index (κ3) is 2.55. The van der Waals surface area contributed by atoms with Crippen molar-refractivity contribution in [3.63, 3.8) is 0 Å². The molecule has 0 saturated carbocycles. The van der Waals surface area contributed by atoms with Crippen LogP contribution in [0.25, 0.3) is 0 Å². The number of nitrogens with two attached hydrogens (primary N) is 1. The second-order valence-electron chi connectivity index (χ2n) is 4.82. The van der Waals surface area contributed by atoms with E-state index in [0.29, 0.717) is 12.2 Å². The lowest BCUT2D eigenvalue weighted by Crippen LogP contribution is -2.44. The van der Waals surface area contributed by atoms with Crippen molar-refractivity contribution in [2.24, 2.45) is 0 Å². The number of anilines is 1. The number of hydrogen-bond acceptors (Lipinski definition) is 7. The van der Waals surface area contributed by atoms with E-state index in [4.69, 9.17) is 15.2 Å². The highest BCUT2D eigenvalue weighted by atomic mass is 16.6. The van der Waals surface area contributed by atoms with Crippen molar-refractivity contribution in [2.45, 2.75) is 31.4 Å². The number of hydrogen-bond donors (Lipinski definition) is 3. The van der Waals surface area contributed by atoms with Crippen molar-refractivity contribution in [3.05, 3.63) is 22.2 Å². The van der Waals surface area contributed by atoms with Crippen LogP contribution in [0.1, 0.15) is 11.8 Å². The quantitative estimate of drug-likeness (QED) is 0.625. The number of methoxy groups -OCH3 is 1. The van der Waals surface area contributed by atoms with Crippen molar-refractivity contribution in [1.29, 1.82) is 0 Å². The Morgan fingerprint density at radius 1 is 1.65 bits per heavy atom. The Morgan fingerprint density at radius 3 is 2.95 bits per heavy atom. The van der Waals surface area contributed by atoms with Gasteiger partial charge in [0.25, 0.3) is 0 Å². The maximum absolute atomic E-state index is 11.9. The summed E-state index contributed by atoms with van der Waals surface area (Å²) in [5.41, 5.74) is 5.69. The first-order valence-electron chi connectivity index (χ1n) is 6.34. The highest BCUT2D eigenvalue weighted by Gasteiger charge is 2.44. The fourth-order valence-electron chi connectivity index (χ4n) is 2.40. The van der Waals surface area contributed by atoms with Gasteiger partial charge in [-0.15, -0.1) is 0 Å². The average molecular weight is 284 g/mol. The van der Waals surface area contributed by atoms with Gasteiger partial charge in [0, 0.05) is 18.9 Å². The second kappa shape index (κ2) is 5.88. The van der Waals surface area contributed by atoms with Crippen molar-refractivity contribution in [2.75, 3.05) is 26.5 Å². The number of aliphatic hydroxyl groups is 1. The Labute approximate surface area is 116 Å². The second-order valence-corrected chi connectivity index (χ2v) is 4.82. The largest absolute Gasteiger partial charge is 0.387 e. The predicted octanol–water partition coefficient (Wildman–Crippen LogP) is -1.37. The molecule has 0 radical (unpaired) electrons. The van der Waals surface area contributed by atoms with Crippen LogP contribution in [-0.2, 0) is 9.47 Å². The molecule has 4 unspecified atom stereocenters. The molecule has 8 nitrogen and oxygen atoms in total. The van der Waals surface area contributed by atoms with E-state index in [9.17, 15) is 9.90 Å². The van der Waals surface area contributed by atoms with Gasteiger partial charge in [-0.3, -0.25) is 4.57 Å². The highest BCUT2D eigenvalue weighted by Crippen LogP contribution is 2.28. The first-order valence-corrected chi connectivity index (χ1v) is 6.34. The van der Waals surface area contributed by atoms with E-state index in [2.05, 4.69) is 10.3 Å². The minimum atomic E-state index is -0.886. The van der Waals surface area contributed by atoms with Crippen LogP contribution in [0.4, 0.5) is 5.82 Å². The first kappa shape index (κ1) is 14.9. The van der Waals surface area contributed by atoms with Crippen LogP contribution < -0.4 is 16.7 Å². The smallest absolute Gasteiger partial charge is 0.351 e. The number of aromatic nitrogens is 2. The fourth-order valence-corrected chi connectivity index (χ4v) is 2.40. The molecule has 112 valence electrons. The van der Waals surface area contributed by atoms with Gasteiger partial charge in [-0.25, -0.2) is 4.79 Å². The van der Waals surface area contributed by atoms with Gasteiger partial charge >= 0.3 is 5.69 Å². The molecule has 2 heterocycles. The molecule has 1 fully saturated rings. The van der Waals surface area contributed by atoms with Crippen LogP contribution in [0.5, 0.6) is 0 Å². The first-order chi connectivity index (χ1) is 9.49. The van der Waals surface area contributed by atoms with E-state index in [0.717, 1.165) is 0 Å². The van der Waals surface area contributed by atoms with E-state index in [1.165, 1.54) is 4.57 Å². The number of ether oxygens (including phenoxy) is 2. The zero-order valence-electron chi connectivity index (χ0n) is 11.7. The Morgan fingerprint density at radius 2 is 2.35 bits per heavy atom. The van der Waals surface area contributed by atoms with Crippen molar-refractivity contribution < 1.29 is 14.6 Å². The van der Waals surface area contributed by atoms with Crippen LogP contribution in [0.15, 0.2) is 11.0 Å². The average Bonchev–Trinajstić information content (AvgIpc) is 2.71. The maximum atomic E-state index is 11.9. The molecule has 20 heavy (non-hydrogen) atoms. The number of aryl methyl sites for hydroxylation is 1. The standard InChI is InChI=1S/C12H20N4O4/c1-6-4-16(12(18)15-10(6)13)11-9(17)8(14-2)7(20-11)5-19-3/h4,7-9,11,14,17H,5H2,1-3H3,(H2,13,15,18). The van der Waals surface area contributed by atoms with Gasteiger partial charge in [0.15, 0.2) is 6.23 Å². The summed E-state index contributed by atoms with van der Waals surface area (Å²) in [7, 11) is 3.27. The number of rotatable bonds is 4. The molecule has 0 amide bonds. The number of aliphatic hydroxyl groups excluding tert-OH is 1. The SMILES string of the molecule is CNC1C(COC)OC(n2cc(C)c(N)nc2=O)C1O. The topological polar surface area (TPSA) is 112 Å². The van der Waals surface area contributed by atoms with Gasteiger partial charge in [0.05, 0.1) is 12.6 Å². The summed E-state index contributed by atoms with van der Waals surface area (Å²) in [5, 5.41) is 13.3. The van der Waals surface area contributed by atoms with E-state index >= 15 is 0 Å². The molecule has 1 aromatic heterocycles. The highest BCUT2D eigenvalue weighted by molar-refractivity contribution is 5.35. The predicted molar refractivity (Wildman–Crippen MR) is 72.3 cm³/mol. The monoisotopic (exact) mass is 284 g/mol. The molecule has 4 atom stereocenters. The Kier molecular flexibility index (Phi) is 4.39. The number of nitrogens with one attached hydrogen (secondary N) is 1. The molecule has 0 spiro atoms. The van der Waals surface area contributed by atoms with Gasteiger partial charge in [-0.2, -0.15) is 4.98 Å². The van der Waals surface area contributed by atoms with Crippen LogP contribution >= 0.6 is 0 Å². The Bertz CT molecular complexity index is 533. The van der Waals surface area contributed by atoms with Crippen LogP contribution in [0, 0.1) is 6.92 Å². The zero-order chi connectivity index (χ0) is 14.9. The molecule has 1 aromatic rings. The van der Waals surface area contributed by atoms with E-state index < -0.39 is 18.0 Å². The normalized spacial score (nSPS) is 29.8. The molecule has 1 aliphatic heterocycles. The molecular formula is C12H20N4O4. The maximum Gasteiger partial charge on any atom is 0.351 e. The summed E-state index contributed by atoms with van der Waals surface area (Å²) >= 11 is 0. The fraction of sp³-hybridized carbons (Fsp3) is 0.667. The van der Waals surface area contributed by atoms with Crippen molar-refractivity contribution >= 4 is 5.82 Å². The summed E-state index contributed by atoms with van der Waals surface area (Å²) in [6.45, 7) is 2.05. The third-order valence-electron chi connectivity index (χ3n) is 3.49. The third-order valence-corrected chi connectivity index (χ3v) is 3.49. The lowest BCUT2D eigenvalue weighted by molar-refractivity contribution is -0.0585. The molecule has 8 heteroatoms. The van der Waals surface area contributed by atoms with Gasteiger partial charge in [0.2, 0.25) is 0 Å². The lowest BCUT2D eigenvalue weighted by Gasteiger charge is -2.19. The van der Waals surface area contributed by atoms with E-state index in [-0.39, 0.29) is 18.0 Å². The summed E-state index contributed by atoms with van der Waals surface area (Å²) in [5.74, 6) is 0.178. The van der Waals surface area contributed by atoms with E-state index in [1.807, 2.05) is 0 Å². The van der Waals surface area contributed by atoms with Crippen LogP contribution in [0.2, 0.25) is 0 Å². The van der Waals surface area contributed by atoms with Crippen molar-refractivity contribution in [1.82, 2.24) is 14.9 Å². The zero-order valence-corrected chi connectivity index (χ0v) is 11.7. The lowest BCUT2D eigenvalue weighted by atomic mass is 10.1. The summed E-state index contributed by atoms with van der Waals surface area (Å²) < 4.78 is 12.0.